The van der Waals surface area contributed by atoms with Crippen molar-refractivity contribution < 1.29 is 13.2 Å². The summed E-state index contributed by atoms with van der Waals surface area (Å²) in [5.41, 5.74) is 0.950. The minimum atomic E-state index is -4.08. The quantitative estimate of drug-likeness (QED) is 0.558. The number of nitrogens with one attached hydrogen (secondary N) is 1. The SMILES string of the molecule is CCCNC(CCCC(F)(F)F)c1ccc(I)c(Cl)c1. The Labute approximate surface area is 136 Å². The Balaban J connectivity index is 2.69. The lowest BCUT2D eigenvalue weighted by atomic mass is 10.0. The van der Waals surface area contributed by atoms with Crippen LogP contribution < -0.4 is 5.32 Å². The van der Waals surface area contributed by atoms with Crippen molar-refractivity contribution in [3.63, 3.8) is 0 Å². The number of alkyl halides is 3. The van der Waals surface area contributed by atoms with Crippen molar-refractivity contribution in [1.82, 2.24) is 5.32 Å². The second kappa shape index (κ2) is 8.44. The third-order valence-corrected chi connectivity index (χ3v) is 4.51. The molecule has 6 heteroatoms. The summed E-state index contributed by atoms with van der Waals surface area (Å²) in [5, 5.41) is 3.93. The van der Waals surface area contributed by atoms with Gasteiger partial charge in [0, 0.05) is 16.0 Å². The van der Waals surface area contributed by atoms with Crippen LogP contribution in [0.25, 0.3) is 0 Å². The third-order valence-electron chi connectivity index (χ3n) is 2.94. The average Bonchev–Trinajstić information content (AvgIpc) is 2.35. The predicted molar refractivity (Wildman–Crippen MR) is 85.1 cm³/mol. The fraction of sp³-hybridized carbons (Fsp3) is 0.571. The Morgan fingerprint density at radius 1 is 1.35 bits per heavy atom. The van der Waals surface area contributed by atoms with Crippen LogP contribution in [0.4, 0.5) is 13.2 Å². The zero-order chi connectivity index (χ0) is 15.2. The van der Waals surface area contributed by atoms with Crippen LogP contribution in [0.2, 0.25) is 5.02 Å². The smallest absolute Gasteiger partial charge is 0.310 e. The summed E-state index contributed by atoms with van der Waals surface area (Å²) in [7, 11) is 0. The fourth-order valence-corrected chi connectivity index (χ4v) is 2.47. The number of rotatable bonds is 7. The maximum Gasteiger partial charge on any atom is 0.389 e. The molecule has 0 aliphatic rings. The maximum absolute atomic E-state index is 12.2. The normalized spacial score (nSPS) is 13.5. The van der Waals surface area contributed by atoms with Crippen molar-refractivity contribution in [2.75, 3.05) is 6.54 Å². The van der Waals surface area contributed by atoms with Gasteiger partial charge in [0.1, 0.15) is 0 Å². The summed E-state index contributed by atoms with van der Waals surface area (Å²) in [6, 6.07) is 5.58. The molecule has 1 atom stereocenters. The second-order valence-electron chi connectivity index (χ2n) is 4.69. The summed E-state index contributed by atoms with van der Waals surface area (Å²) in [5.74, 6) is 0. The van der Waals surface area contributed by atoms with E-state index in [-0.39, 0.29) is 12.5 Å². The van der Waals surface area contributed by atoms with Crippen LogP contribution in [0.3, 0.4) is 0 Å². The van der Waals surface area contributed by atoms with Crippen LogP contribution in [0.5, 0.6) is 0 Å². The maximum atomic E-state index is 12.2. The van der Waals surface area contributed by atoms with E-state index in [4.69, 9.17) is 11.6 Å². The molecule has 0 amide bonds. The molecule has 1 nitrogen and oxygen atoms in total. The predicted octanol–water partition coefficient (Wildman–Crippen LogP) is 5.72. The Kier molecular flexibility index (Phi) is 7.61. The highest BCUT2D eigenvalue weighted by molar-refractivity contribution is 14.1. The van der Waals surface area contributed by atoms with Gasteiger partial charge in [-0.1, -0.05) is 24.6 Å². The Morgan fingerprint density at radius 3 is 2.60 bits per heavy atom. The van der Waals surface area contributed by atoms with Crippen molar-refractivity contribution in [3.05, 3.63) is 32.4 Å². The number of hydrogen-bond donors (Lipinski definition) is 1. The zero-order valence-corrected chi connectivity index (χ0v) is 14.1. The second-order valence-corrected chi connectivity index (χ2v) is 6.26. The molecule has 1 unspecified atom stereocenters. The molecule has 1 aromatic carbocycles. The van der Waals surface area contributed by atoms with Gasteiger partial charge in [-0.25, -0.2) is 0 Å². The van der Waals surface area contributed by atoms with Crippen LogP contribution in [0.1, 0.15) is 44.2 Å². The summed E-state index contributed by atoms with van der Waals surface area (Å²) >= 11 is 8.21. The van der Waals surface area contributed by atoms with E-state index in [1.165, 1.54) is 0 Å². The molecule has 1 N–H and O–H groups in total. The molecule has 0 saturated heterocycles. The van der Waals surface area contributed by atoms with Gasteiger partial charge in [-0.15, -0.1) is 0 Å². The largest absolute Gasteiger partial charge is 0.389 e. The lowest BCUT2D eigenvalue weighted by molar-refractivity contribution is -0.135. The minimum absolute atomic E-state index is 0.0770. The molecule has 0 aliphatic carbocycles. The molecule has 1 rings (SSSR count). The Hall–Kier alpha value is -0.0100. The lowest BCUT2D eigenvalue weighted by Crippen LogP contribution is -2.22. The van der Waals surface area contributed by atoms with E-state index < -0.39 is 12.6 Å². The van der Waals surface area contributed by atoms with E-state index in [0.29, 0.717) is 11.4 Å². The van der Waals surface area contributed by atoms with Crippen molar-refractivity contribution in [2.24, 2.45) is 0 Å². The molecule has 0 radical (unpaired) electrons. The Bertz CT molecular complexity index is 423. The molecule has 0 aliphatic heterocycles. The van der Waals surface area contributed by atoms with Crippen molar-refractivity contribution in [1.29, 1.82) is 0 Å². The van der Waals surface area contributed by atoms with Gasteiger partial charge in [0.2, 0.25) is 0 Å². The van der Waals surface area contributed by atoms with Gasteiger partial charge in [-0.05, 0) is 66.1 Å². The monoisotopic (exact) mass is 419 g/mol. The third kappa shape index (κ3) is 6.63. The summed E-state index contributed by atoms with van der Waals surface area (Å²) in [6.07, 6.45) is -3.31. The van der Waals surface area contributed by atoms with Crippen molar-refractivity contribution in [3.8, 4) is 0 Å². The highest BCUT2D eigenvalue weighted by atomic mass is 127. The van der Waals surface area contributed by atoms with Gasteiger partial charge < -0.3 is 5.32 Å². The summed E-state index contributed by atoms with van der Waals surface area (Å²) in [6.45, 7) is 2.81. The molecule has 0 bridgehead atoms. The molecule has 0 aromatic heterocycles. The molecule has 0 saturated carbocycles. The van der Waals surface area contributed by atoms with Crippen LogP contribution in [0.15, 0.2) is 18.2 Å². The van der Waals surface area contributed by atoms with E-state index in [1.807, 2.05) is 25.1 Å². The number of benzene rings is 1. The minimum Gasteiger partial charge on any atom is -0.310 e. The van der Waals surface area contributed by atoms with Gasteiger partial charge in [-0.2, -0.15) is 13.2 Å². The van der Waals surface area contributed by atoms with Gasteiger partial charge >= 0.3 is 6.18 Å². The van der Waals surface area contributed by atoms with Gasteiger partial charge in [0.15, 0.2) is 0 Å². The van der Waals surface area contributed by atoms with E-state index in [9.17, 15) is 13.2 Å². The molecule has 0 heterocycles. The van der Waals surface area contributed by atoms with Crippen molar-refractivity contribution in [2.45, 2.75) is 44.8 Å². The van der Waals surface area contributed by atoms with Crippen LogP contribution >= 0.6 is 34.2 Å². The van der Waals surface area contributed by atoms with Crippen molar-refractivity contribution >= 4 is 34.2 Å². The lowest BCUT2D eigenvalue weighted by Gasteiger charge is -2.20. The highest BCUT2D eigenvalue weighted by Crippen LogP contribution is 2.28. The fourth-order valence-electron chi connectivity index (χ4n) is 1.94. The van der Waals surface area contributed by atoms with Crippen LogP contribution in [-0.2, 0) is 0 Å². The van der Waals surface area contributed by atoms with Gasteiger partial charge in [0.25, 0.3) is 0 Å². The first kappa shape index (κ1) is 18.0. The van der Waals surface area contributed by atoms with E-state index in [1.54, 1.807) is 0 Å². The number of hydrogen-bond acceptors (Lipinski definition) is 1. The van der Waals surface area contributed by atoms with Crippen LogP contribution in [0, 0.1) is 3.57 Å². The summed E-state index contributed by atoms with van der Waals surface area (Å²) in [4.78, 5) is 0. The van der Waals surface area contributed by atoms with E-state index in [0.717, 1.165) is 22.1 Å². The molecular formula is C14H18ClF3IN. The summed E-state index contributed by atoms with van der Waals surface area (Å²) < 4.78 is 37.6. The van der Waals surface area contributed by atoms with E-state index >= 15 is 0 Å². The first-order chi connectivity index (χ1) is 9.33. The zero-order valence-electron chi connectivity index (χ0n) is 11.2. The molecular weight excluding hydrogens is 402 g/mol. The van der Waals surface area contributed by atoms with Gasteiger partial charge in [-0.3, -0.25) is 0 Å². The molecule has 0 fully saturated rings. The van der Waals surface area contributed by atoms with E-state index in [2.05, 4.69) is 27.9 Å². The first-order valence-electron chi connectivity index (χ1n) is 6.58. The molecule has 20 heavy (non-hydrogen) atoms. The topological polar surface area (TPSA) is 12.0 Å². The highest BCUT2D eigenvalue weighted by Gasteiger charge is 2.26. The molecule has 114 valence electrons. The molecule has 1 aromatic rings. The average molecular weight is 420 g/mol. The van der Waals surface area contributed by atoms with Gasteiger partial charge in [0.05, 0.1) is 5.02 Å². The molecule has 0 spiro atoms. The Morgan fingerprint density at radius 2 is 2.05 bits per heavy atom. The number of halogens is 5. The standard InChI is InChI=1S/C14H18ClF3IN/c1-2-8-20-13(4-3-7-14(16,17)18)10-5-6-12(19)11(15)9-10/h5-6,9,13,20H,2-4,7-8H2,1H3. The first-order valence-corrected chi connectivity index (χ1v) is 8.04. The van der Waals surface area contributed by atoms with Crippen LogP contribution in [-0.4, -0.2) is 12.7 Å².